The predicted octanol–water partition coefficient (Wildman–Crippen LogP) is 5.06. The molecule has 6 aliphatic rings. The maximum absolute atomic E-state index is 13.3. The van der Waals surface area contributed by atoms with Crippen molar-refractivity contribution >= 4 is 17.5 Å². The van der Waals surface area contributed by atoms with E-state index >= 15 is 0 Å². The van der Waals surface area contributed by atoms with Crippen molar-refractivity contribution in [3.63, 3.8) is 0 Å². The van der Waals surface area contributed by atoms with Crippen molar-refractivity contribution in [2.45, 2.75) is 79.1 Å². The van der Waals surface area contributed by atoms with Crippen LogP contribution in [0, 0.1) is 51.8 Å². The Balaban J connectivity index is 1.67. The molecule has 2 bridgehead atoms. The average molecular weight is 413 g/mol. The van der Waals surface area contributed by atoms with E-state index in [0.717, 1.165) is 38.5 Å². The molecule has 0 aromatic carbocycles. The van der Waals surface area contributed by atoms with Crippen LogP contribution >= 0.6 is 0 Å². The molecule has 6 rings (SSSR count). The molecular formula is C26H36O4. The zero-order valence-electron chi connectivity index (χ0n) is 18.9. The summed E-state index contributed by atoms with van der Waals surface area (Å²) < 4.78 is 0. The fraction of sp³-hybridized carbons (Fsp3) is 0.808. The van der Waals surface area contributed by atoms with Gasteiger partial charge in [-0.2, -0.15) is 0 Å². The van der Waals surface area contributed by atoms with Gasteiger partial charge in [-0.1, -0.05) is 38.8 Å². The Kier molecular flexibility index (Phi) is 4.29. The fourth-order valence-corrected chi connectivity index (χ4v) is 9.34. The number of Topliss-reactive ketones (excluding diaryl/α,β-unsaturated/α-hetero) is 2. The van der Waals surface area contributed by atoms with E-state index in [9.17, 15) is 19.5 Å². The molecule has 0 aromatic heterocycles. The van der Waals surface area contributed by atoms with Gasteiger partial charge in [0.1, 0.15) is 11.6 Å². The van der Waals surface area contributed by atoms with Crippen LogP contribution in [0.5, 0.6) is 0 Å². The van der Waals surface area contributed by atoms with Gasteiger partial charge < -0.3 is 5.11 Å². The molecule has 0 radical (unpaired) electrons. The Labute approximate surface area is 179 Å². The highest BCUT2D eigenvalue weighted by atomic mass is 16.4. The number of rotatable bonds is 2. The SMILES string of the molecule is CC(C)C1=C[C@@]23CC[C@@H]4[C@](C)(CCC[C@@]4(C)C(=O)O)[C@H]2C[C@@H]1[C@H]1C(=O)CCC(=O)[C@H]13. The van der Waals surface area contributed by atoms with Gasteiger partial charge in [0, 0.05) is 30.1 Å². The molecule has 4 nitrogen and oxygen atoms in total. The Morgan fingerprint density at radius 3 is 2.43 bits per heavy atom. The lowest BCUT2D eigenvalue weighted by atomic mass is 9.33. The number of carbonyl (C=O) groups excluding carboxylic acids is 2. The van der Waals surface area contributed by atoms with E-state index in [1.165, 1.54) is 5.57 Å². The number of ketones is 2. The molecular weight excluding hydrogens is 376 g/mol. The van der Waals surface area contributed by atoms with Crippen LogP contribution in [0.1, 0.15) is 79.1 Å². The minimum absolute atomic E-state index is 0.0767. The van der Waals surface area contributed by atoms with Gasteiger partial charge in [-0.25, -0.2) is 0 Å². The van der Waals surface area contributed by atoms with Crippen molar-refractivity contribution in [1.29, 1.82) is 0 Å². The van der Waals surface area contributed by atoms with Crippen molar-refractivity contribution < 1.29 is 19.5 Å². The normalized spacial score (nSPS) is 49.9. The van der Waals surface area contributed by atoms with Crippen molar-refractivity contribution in [3.8, 4) is 0 Å². The highest BCUT2D eigenvalue weighted by Crippen LogP contribution is 2.74. The smallest absolute Gasteiger partial charge is 0.309 e. The molecule has 0 aliphatic heterocycles. The Bertz CT molecular complexity index is 855. The molecule has 0 saturated heterocycles. The van der Waals surface area contributed by atoms with E-state index in [1.54, 1.807) is 0 Å². The van der Waals surface area contributed by atoms with Gasteiger partial charge in [-0.05, 0) is 68.1 Å². The summed E-state index contributed by atoms with van der Waals surface area (Å²) in [6.07, 6.45) is 8.70. The van der Waals surface area contributed by atoms with Crippen molar-refractivity contribution in [1.82, 2.24) is 0 Å². The second-order valence-electron chi connectivity index (χ2n) is 11.9. The van der Waals surface area contributed by atoms with Gasteiger partial charge in [0.15, 0.2) is 0 Å². The first kappa shape index (κ1) is 20.5. The van der Waals surface area contributed by atoms with Gasteiger partial charge in [0.05, 0.1) is 5.41 Å². The lowest BCUT2D eigenvalue weighted by molar-refractivity contribution is -0.200. The summed E-state index contributed by atoms with van der Waals surface area (Å²) in [5.41, 5.74) is 0.400. The summed E-state index contributed by atoms with van der Waals surface area (Å²) >= 11 is 0. The maximum atomic E-state index is 13.3. The predicted molar refractivity (Wildman–Crippen MR) is 114 cm³/mol. The number of allylic oxidation sites excluding steroid dienone is 2. The molecule has 4 heteroatoms. The summed E-state index contributed by atoms with van der Waals surface area (Å²) in [5.74, 6) is 0.677. The number of hydrogen-bond donors (Lipinski definition) is 1. The van der Waals surface area contributed by atoms with E-state index < -0.39 is 11.4 Å². The summed E-state index contributed by atoms with van der Waals surface area (Å²) in [4.78, 5) is 38.8. The average Bonchev–Trinajstić information content (AvgIpc) is 2.69. The molecule has 30 heavy (non-hydrogen) atoms. The largest absolute Gasteiger partial charge is 0.481 e. The highest BCUT2D eigenvalue weighted by Gasteiger charge is 2.70. The quantitative estimate of drug-likeness (QED) is 0.644. The number of carboxylic acids is 1. The van der Waals surface area contributed by atoms with Crippen molar-refractivity contribution in [2.75, 3.05) is 0 Å². The van der Waals surface area contributed by atoms with Crippen LogP contribution in [0.25, 0.3) is 0 Å². The third-order valence-electron chi connectivity index (χ3n) is 10.5. The maximum Gasteiger partial charge on any atom is 0.309 e. The van der Waals surface area contributed by atoms with E-state index in [0.29, 0.717) is 36.2 Å². The lowest BCUT2D eigenvalue weighted by Gasteiger charge is -2.70. The molecule has 6 aliphatic carbocycles. The monoisotopic (exact) mass is 412 g/mol. The number of carboxylic acid groups (broad SMARTS) is 1. The molecule has 4 fully saturated rings. The van der Waals surface area contributed by atoms with Crippen LogP contribution in [-0.4, -0.2) is 22.6 Å². The van der Waals surface area contributed by atoms with E-state index in [4.69, 9.17) is 0 Å². The van der Waals surface area contributed by atoms with Crippen LogP contribution in [0.4, 0.5) is 0 Å². The molecule has 0 amide bonds. The second-order valence-corrected chi connectivity index (χ2v) is 11.9. The summed E-state index contributed by atoms with van der Waals surface area (Å²) in [6.45, 7) is 8.73. The number of carbonyl (C=O) groups is 3. The summed E-state index contributed by atoms with van der Waals surface area (Å²) in [7, 11) is 0. The molecule has 0 aromatic rings. The fourth-order valence-electron chi connectivity index (χ4n) is 9.34. The standard InChI is InChI=1S/C26H36O4/c1-14(2)16-13-26-11-8-19-24(3,9-5-10-25(19,4)23(29)30)20(26)12-15(16)21-17(27)6-7-18(28)22(21)26/h13-15,19-22H,5-12H2,1-4H3,(H,29,30)/t15-,19+,20+,21-,22+,24-,25+,26-/m0/s1. The first-order valence-corrected chi connectivity index (χ1v) is 12.1. The Morgan fingerprint density at radius 1 is 1.07 bits per heavy atom. The van der Waals surface area contributed by atoms with E-state index in [2.05, 4.69) is 26.8 Å². The highest BCUT2D eigenvalue weighted by molar-refractivity contribution is 5.98. The number of hydrogen-bond acceptors (Lipinski definition) is 3. The molecule has 1 spiro atoms. The van der Waals surface area contributed by atoms with Crippen LogP contribution in [0.15, 0.2) is 11.6 Å². The minimum atomic E-state index is -0.679. The van der Waals surface area contributed by atoms with Crippen LogP contribution in [-0.2, 0) is 14.4 Å². The van der Waals surface area contributed by atoms with Crippen molar-refractivity contribution in [3.05, 3.63) is 11.6 Å². The molecule has 4 saturated carbocycles. The molecule has 1 N–H and O–H groups in total. The third-order valence-corrected chi connectivity index (χ3v) is 10.5. The summed E-state index contributed by atoms with van der Waals surface area (Å²) in [6, 6.07) is 0. The van der Waals surface area contributed by atoms with Gasteiger partial charge >= 0.3 is 5.97 Å². The van der Waals surface area contributed by atoms with Gasteiger partial charge in [-0.3, -0.25) is 14.4 Å². The zero-order valence-corrected chi connectivity index (χ0v) is 18.9. The number of fused-ring (bicyclic) bond motifs is 1. The first-order valence-electron chi connectivity index (χ1n) is 12.1. The van der Waals surface area contributed by atoms with Gasteiger partial charge in [-0.15, -0.1) is 0 Å². The molecule has 0 heterocycles. The third kappa shape index (κ3) is 2.31. The molecule has 0 unspecified atom stereocenters. The first-order chi connectivity index (χ1) is 14.1. The molecule has 164 valence electrons. The van der Waals surface area contributed by atoms with Gasteiger partial charge in [0.2, 0.25) is 0 Å². The minimum Gasteiger partial charge on any atom is -0.481 e. The van der Waals surface area contributed by atoms with Gasteiger partial charge in [0.25, 0.3) is 0 Å². The molecule has 8 atom stereocenters. The van der Waals surface area contributed by atoms with E-state index in [1.807, 2.05) is 6.92 Å². The van der Waals surface area contributed by atoms with Crippen molar-refractivity contribution in [2.24, 2.45) is 51.8 Å². The summed E-state index contributed by atoms with van der Waals surface area (Å²) in [5, 5.41) is 10.1. The van der Waals surface area contributed by atoms with Crippen LogP contribution < -0.4 is 0 Å². The zero-order chi connectivity index (χ0) is 21.6. The second kappa shape index (κ2) is 6.29. The van der Waals surface area contributed by atoms with Crippen LogP contribution in [0.2, 0.25) is 0 Å². The lowest BCUT2D eigenvalue weighted by Crippen LogP contribution is -2.67. The Morgan fingerprint density at radius 2 is 1.77 bits per heavy atom. The van der Waals surface area contributed by atoms with Crippen LogP contribution in [0.3, 0.4) is 0 Å². The Hall–Kier alpha value is -1.45. The number of aliphatic carboxylic acids is 1. The topological polar surface area (TPSA) is 71.4 Å². The van der Waals surface area contributed by atoms with E-state index in [-0.39, 0.29) is 34.5 Å².